The molecule has 1 atom stereocenters. The monoisotopic (exact) mass is 315 g/mol. The Labute approximate surface area is 133 Å². The highest BCUT2D eigenvalue weighted by atomic mass is 35.5. The van der Waals surface area contributed by atoms with Crippen molar-refractivity contribution in [3.63, 3.8) is 0 Å². The predicted molar refractivity (Wildman–Crippen MR) is 85.0 cm³/mol. The molecule has 1 aromatic heterocycles. The molecule has 0 saturated heterocycles. The van der Waals surface area contributed by atoms with Crippen LogP contribution in [0.1, 0.15) is 18.9 Å². The molecule has 1 amide bonds. The van der Waals surface area contributed by atoms with Crippen LogP contribution < -0.4 is 5.32 Å². The largest absolute Gasteiger partial charge is 0.379 e. The van der Waals surface area contributed by atoms with Crippen LogP contribution in [0.3, 0.4) is 0 Å². The predicted octanol–water partition coefficient (Wildman–Crippen LogP) is 3.26. The first-order valence-electron chi connectivity index (χ1n) is 6.80. The van der Waals surface area contributed by atoms with Crippen molar-refractivity contribution in [1.29, 1.82) is 0 Å². The van der Waals surface area contributed by atoms with E-state index in [1.165, 1.54) is 0 Å². The van der Waals surface area contributed by atoms with Crippen molar-refractivity contribution >= 4 is 28.9 Å². The van der Waals surface area contributed by atoms with Crippen LogP contribution in [0.2, 0.25) is 5.02 Å². The van der Waals surface area contributed by atoms with E-state index in [2.05, 4.69) is 15.5 Å². The average molecular weight is 316 g/mol. The number of oxime groups is 1. The molecule has 0 fully saturated rings. The Balaban J connectivity index is 1.74. The fourth-order valence-electron chi connectivity index (χ4n) is 2.20. The highest BCUT2D eigenvalue weighted by Crippen LogP contribution is 2.30. The Kier molecular flexibility index (Phi) is 3.81. The molecule has 0 spiro atoms. The van der Waals surface area contributed by atoms with E-state index >= 15 is 0 Å². The molecule has 1 aliphatic rings. The van der Waals surface area contributed by atoms with Gasteiger partial charge in [0, 0.05) is 35.1 Å². The van der Waals surface area contributed by atoms with Crippen molar-refractivity contribution in [3.8, 4) is 0 Å². The van der Waals surface area contributed by atoms with Gasteiger partial charge in [0.05, 0.1) is 5.71 Å². The summed E-state index contributed by atoms with van der Waals surface area (Å²) in [5.41, 5.74) is 1.05. The summed E-state index contributed by atoms with van der Waals surface area (Å²) in [5, 5.41) is 7.43. The summed E-state index contributed by atoms with van der Waals surface area (Å²) < 4.78 is 0. The van der Waals surface area contributed by atoms with Gasteiger partial charge in [-0.05, 0) is 25.1 Å². The number of rotatable bonds is 3. The second-order valence-corrected chi connectivity index (χ2v) is 5.61. The van der Waals surface area contributed by atoms with Crippen molar-refractivity contribution in [2.75, 3.05) is 5.32 Å². The lowest BCUT2D eigenvalue weighted by molar-refractivity contribution is -0.135. The van der Waals surface area contributed by atoms with Crippen LogP contribution in [0.15, 0.2) is 53.9 Å². The van der Waals surface area contributed by atoms with Gasteiger partial charge in [0.2, 0.25) is 5.60 Å². The van der Waals surface area contributed by atoms with Gasteiger partial charge in [0.25, 0.3) is 5.91 Å². The van der Waals surface area contributed by atoms with Gasteiger partial charge in [-0.3, -0.25) is 9.78 Å². The number of benzene rings is 1. The van der Waals surface area contributed by atoms with E-state index in [0.29, 0.717) is 22.8 Å². The maximum Gasteiger partial charge on any atom is 0.271 e. The molecular formula is C16H14ClN3O2. The lowest BCUT2D eigenvalue weighted by Crippen LogP contribution is -2.40. The molecule has 0 radical (unpaired) electrons. The molecule has 2 aromatic rings. The molecule has 5 nitrogen and oxygen atoms in total. The fraction of sp³-hybridized carbons (Fsp3) is 0.188. The van der Waals surface area contributed by atoms with Gasteiger partial charge in [-0.25, -0.2) is 0 Å². The molecule has 22 heavy (non-hydrogen) atoms. The van der Waals surface area contributed by atoms with Crippen molar-refractivity contribution < 1.29 is 9.63 Å². The van der Waals surface area contributed by atoms with Crippen LogP contribution in [0.4, 0.5) is 5.69 Å². The topological polar surface area (TPSA) is 63.6 Å². The van der Waals surface area contributed by atoms with E-state index in [-0.39, 0.29) is 5.91 Å². The third-order valence-electron chi connectivity index (χ3n) is 3.47. The first-order valence-corrected chi connectivity index (χ1v) is 7.18. The molecule has 1 unspecified atom stereocenters. The fourth-order valence-corrected chi connectivity index (χ4v) is 2.44. The zero-order chi connectivity index (χ0) is 15.6. The lowest BCUT2D eigenvalue weighted by atomic mass is 9.95. The molecule has 0 bridgehead atoms. The molecule has 0 aliphatic carbocycles. The molecule has 3 rings (SSSR count). The number of hydrogen-bond acceptors (Lipinski definition) is 4. The van der Waals surface area contributed by atoms with Crippen molar-refractivity contribution in [2.45, 2.75) is 18.9 Å². The quantitative estimate of drug-likeness (QED) is 0.945. The van der Waals surface area contributed by atoms with Gasteiger partial charge < -0.3 is 10.2 Å². The number of nitrogens with one attached hydrogen (secondary N) is 1. The second kappa shape index (κ2) is 5.77. The Morgan fingerprint density at radius 3 is 2.73 bits per heavy atom. The van der Waals surface area contributed by atoms with Crippen LogP contribution in [-0.2, 0) is 9.63 Å². The normalized spacial score (nSPS) is 20.2. The first kappa shape index (κ1) is 14.5. The summed E-state index contributed by atoms with van der Waals surface area (Å²) in [7, 11) is 0. The zero-order valence-electron chi connectivity index (χ0n) is 11.9. The van der Waals surface area contributed by atoms with E-state index in [4.69, 9.17) is 16.4 Å². The zero-order valence-corrected chi connectivity index (χ0v) is 12.7. The smallest absolute Gasteiger partial charge is 0.271 e. The number of aromatic nitrogens is 1. The van der Waals surface area contributed by atoms with Crippen LogP contribution in [0.25, 0.3) is 0 Å². The standard InChI is InChI=1S/C16H14ClN3O2/c1-16(15(21)19-11-6-8-18-9-7-11)10-14(20-22-16)12-4-2-3-5-13(12)17/h2-9H,10H2,1H3,(H,18,19,21). The number of nitrogens with zero attached hydrogens (tertiary/aromatic N) is 2. The van der Waals surface area contributed by atoms with Gasteiger partial charge in [0.15, 0.2) is 0 Å². The summed E-state index contributed by atoms with van der Waals surface area (Å²) in [4.78, 5) is 21.7. The van der Waals surface area contributed by atoms with E-state index in [0.717, 1.165) is 5.56 Å². The van der Waals surface area contributed by atoms with Crippen molar-refractivity contribution in [1.82, 2.24) is 4.98 Å². The highest BCUT2D eigenvalue weighted by molar-refractivity contribution is 6.34. The van der Waals surface area contributed by atoms with Gasteiger partial charge in [-0.15, -0.1) is 0 Å². The maximum absolute atomic E-state index is 12.4. The van der Waals surface area contributed by atoms with E-state index < -0.39 is 5.60 Å². The molecular weight excluding hydrogens is 302 g/mol. The van der Waals surface area contributed by atoms with Crippen molar-refractivity contribution in [3.05, 3.63) is 59.4 Å². The summed E-state index contributed by atoms with van der Waals surface area (Å²) in [5.74, 6) is -0.260. The molecule has 1 aliphatic heterocycles. The maximum atomic E-state index is 12.4. The molecule has 112 valence electrons. The number of amides is 1. The van der Waals surface area contributed by atoms with Gasteiger partial charge in [-0.1, -0.05) is 35.0 Å². The molecule has 6 heteroatoms. The second-order valence-electron chi connectivity index (χ2n) is 5.21. The van der Waals surface area contributed by atoms with Gasteiger partial charge in [-0.2, -0.15) is 0 Å². The molecule has 1 N–H and O–H groups in total. The number of anilines is 1. The van der Waals surface area contributed by atoms with Gasteiger partial charge >= 0.3 is 0 Å². The van der Waals surface area contributed by atoms with Crippen LogP contribution >= 0.6 is 11.6 Å². The first-order chi connectivity index (χ1) is 10.6. The molecule has 0 saturated carbocycles. The third-order valence-corrected chi connectivity index (χ3v) is 3.79. The van der Waals surface area contributed by atoms with Gasteiger partial charge in [0.1, 0.15) is 0 Å². The van der Waals surface area contributed by atoms with E-state index in [1.54, 1.807) is 37.5 Å². The van der Waals surface area contributed by atoms with E-state index in [9.17, 15) is 4.79 Å². The number of carbonyl (C=O) groups excluding carboxylic acids is 1. The third kappa shape index (κ3) is 2.80. The Hall–Kier alpha value is -2.40. The summed E-state index contributed by atoms with van der Waals surface area (Å²) in [6, 6.07) is 10.8. The van der Waals surface area contributed by atoms with Crippen LogP contribution in [0, 0.1) is 0 Å². The Bertz CT molecular complexity index is 733. The minimum absolute atomic E-state index is 0.260. The number of hydrogen-bond donors (Lipinski definition) is 1. The number of carbonyl (C=O) groups is 1. The van der Waals surface area contributed by atoms with Crippen molar-refractivity contribution in [2.24, 2.45) is 5.16 Å². The summed E-state index contributed by atoms with van der Waals surface area (Å²) in [6.07, 6.45) is 3.58. The Morgan fingerprint density at radius 2 is 2.00 bits per heavy atom. The van der Waals surface area contributed by atoms with Crippen LogP contribution in [-0.4, -0.2) is 22.2 Å². The molecule has 2 heterocycles. The van der Waals surface area contributed by atoms with E-state index in [1.807, 2.05) is 18.2 Å². The average Bonchev–Trinajstić information content (AvgIpc) is 2.92. The van der Waals surface area contributed by atoms with Crippen LogP contribution in [0.5, 0.6) is 0 Å². The number of pyridine rings is 1. The summed E-state index contributed by atoms with van der Waals surface area (Å²) >= 11 is 6.16. The minimum Gasteiger partial charge on any atom is -0.379 e. The highest BCUT2D eigenvalue weighted by Gasteiger charge is 2.42. The Morgan fingerprint density at radius 1 is 1.27 bits per heavy atom. The lowest BCUT2D eigenvalue weighted by Gasteiger charge is -2.20. The minimum atomic E-state index is -1.06. The molecule has 1 aromatic carbocycles. The SMILES string of the molecule is CC1(C(=O)Nc2ccncc2)CC(c2ccccc2Cl)=NO1. The summed E-state index contributed by atoms with van der Waals surface area (Å²) in [6.45, 7) is 1.71. The number of halogens is 1.